The minimum Gasteiger partial charge on any atom is -0.532 e. The highest BCUT2D eigenvalue weighted by Crippen LogP contribution is 2.14. The maximum Gasteiger partial charge on any atom is 0.244 e. The van der Waals surface area contributed by atoms with Gasteiger partial charge in [-0.3, -0.25) is 0 Å². The van der Waals surface area contributed by atoms with Crippen molar-refractivity contribution in [1.29, 1.82) is 0 Å². The van der Waals surface area contributed by atoms with Gasteiger partial charge in [-0.1, -0.05) is 20.8 Å². The van der Waals surface area contributed by atoms with Crippen LogP contribution >= 0.6 is 0 Å². The van der Waals surface area contributed by atoms with Crippen LogP contribution in [0.5, 0.6) is 0 Å². The summed E-state index contributed by atoms with van der Waals surface area (Å²) in [6.45, 7) is 14.8. The van der Waals surface area contributed by atoms with Crippen LogP contribution in [0.4, 0.5) is 0 Å². The first kappa shape index (κ1) is 13.4. The first-order valence-electron chi connectivity index (χ1n) is 5.04. The summed E-state index contributed by atoms with van der Waals surface area (Å²) in [7, 11) is -1.52. The quantitative estimate of drug-likeness (QED) is 0.397. The Balaban J connectivity index is 4.42. The van der Waals surface area contributed by atoms with Crippen LogP contribution in [0.15, 0.2) is 17.0 Å². The molecule has 2 nitrogen and oxygen atoms in total. The predicted molar refractivity (Wildman–Crippen MR) is 66.1 cm³/mol. The molecular weight excluding hydrogens is 190 g/mol. The summed E-state index contributed by atoms with van der Waals surface area (Å²) in [5, 5.41) is 0. The summed E-state index contributed by atoms with van der Waals surface area (Å²) < 4.78 is 5.78. The molecule has 0 atom stereocenters. The molecule has 0 saturated heterocycles. The fourth-order valence-electron chi connectivity index (χ4n) is 0.731. The van der Waals surface area contributed by atoms with Crippen molar-refractivity contribution in [3.05, 3.63) is 12.0 Å². The van der Waals surface area contributed by atoms with E-state index in [0.29, 0.717) is 0 Å². The molecule has 0 heterocycles. The monoisotopic (exact) mass is 213 g/mol. The second-order valence-corrected chi connectivity index (χ2v) is 9.89. The lowest BCUT2D eigenvalue weighted by atomic mass is 9.99. The molecule has 0 N–H and O–H groups in total. The van der Waals surface area contributed by atoms with Crippen molar-refractivity contribution in [1.82, 2.24) is 0 Å². The Morgan fingerprint density at radius 3 is 2.00 bits per heavy atom. The zero-order chi connectivity index (χ0) is 11.4. The predicted octanol–water partition coefficient (Wildman–Crippen LogP) is 3.82. The van der Waals surface area contributed by atoms with E-state index in [1.807, 2.05) is 19.2 Å². The molecule has 0 fully saturated rings. The summed E-state index contributed by atoms with van der Waals surface area (Å²) in [5.41, 5.74) is 0.108. The van der Waals surface area contributed by atoms with Gasteiger partial charge in [0.1, 0.15) is 0 Å². The summed E-state index contributed by atoms with van der Waals surface area (Å²) in [6.07, 6.45) is 3.85. The van der Waals surface area contributed by atoms with Crippen molar-refractivity contribution in [2.45, 2.75) is 47.3 Å². The van der Waals surface area contributed by atoms with Gasteiger partial charge >= 0.3 is 0 Å². The third-order valence-corrected chi connectivity index (χ3v) is 2.06. The van der Waals surface area contributed by atoms with E-state index < -0.39 is 8.32 Å². The van der Waals surface area contributed by atoms with Gasteiger partial charge in [0.25, 0.3) is 0 Å². The molecule has 0 saturated carbocycles. The zero-order valence-electron chi connectivity index (χ0n) is 10.5. The summed E-state index contributed by atoms with van der Waals surface area (Å²) >= 11 is 0. The average Bonchev–Trinajstić information content (AvgIpc) is 1.94. The minimum atomic E-state index is -1.52. The van der Waals surface area contributed by atoms with E-state index in [1.165, 1.54) is 0 Å². The van der Waals surface area contributed by atoms with Crippen LogP contribution in [-0.2, 0) is 4.43 Å². The standard InChI is InChI=1S/C11H23NOSi/c1-8-10(13-14(5,6)7)12-9-11(2,3)4/h8-9H,1-7H3/b10-8+,12-9+. The number of allylic oxidation sites excluding steroid dienone is 1. The van der Waals surface area contributed by atoms with Gasteiger partial charge in [-0.15, -0.1) is 0 Å². The van der Waals surface area contributed by atoms with Crippen molar-refractivity contribution in [3.8, 4) is 0 Å². The second kappa shape index (κ2) is 4.78. The van der Waals surface area contributed by atoms with Gasteiger partial charge in [0.05, 0.1) is 0 Å². The molecule has 0 radical (unpaired) electrons. The fourth-order valence-corrected chi connectivity index (χ4v) is 1.53. The van der Waals surface area contributed by atoms with Gasteiger partial charge in [0.2, 0.25) is 8.32 Å². The van der Waals surface area contributed by atoms with Crippen molar-refractivity contribution in [2.75, 3.05) is 0 Å². The van der Waals surface area contributed by atoms with E-state index in [-0.39, 0.29) is 5.41 Å². The number of rotatable bonds is 3. The Morgan fingerprint density at radius 1 is 1.21 bits per heavy atom. The van der Waals surface area contributed by atoms with Crippen LogP contribution in [0, 0.1) is 5.41 Å². The van der Waals surface area contributed by atoms with E-state index in [9.17, 15) is 0 Å². The van der Waals surface area contributed by atoms with Crippen LogP contribution in [0.25, 0.3) is 0 Å². The summed E-state index contributed by atoms with van der Waals surface area (Å²) in [6, 6.07) is 0. The Morgan fingerprint density at radius 2 is 1.71 bits per heavy atom. The maximum atomic E-state index is 5.78. The maximum absolute atomic E-state index is 5.78. The Bertz CT molecular complexity index is 231. The smallest absolute Gasteiger partial charge is 0.244 e. The molecule has 0 aromatic carbocycles. The molecule has 82 valence electrons. The molecule has 0 amide bonds. The fraction of sp³-hybridized carbons (Fsp3) is 0.727. The van der Waals surface area contributed by atoms with Gasteiger partial charge in [0, 0.05) is 6.21 Å². The normalized spacial score (nSPS) is 14.9. The first-order valence-corrected chi connectivity index (χ1v) is 8.45. The molecule has 0 aromatic heterocycles. The van der Waals surface area contributed by atoms with Crippen molar-refractivity contribution in [3.63, 3.8) is 0 Å². The molecule has 3 heteroatoms. The molecule has 0 aliphatic rings. The van der Waals surface area contributed by atoms with Crippen LogP contribution in [0.2, 0.25) is 19.6 Å². The molecule has 14 heavy (non-hydrogen) atoms. The van der Waals surface area contributed by atoms with Gasteiger partial charge in [-0.2, -0.15) is 0 Å². The molecule has 0 aliphatic carbocycles. The Kier molecular flexibility index (Phi) is 4.58. The lowest BCUT2D eigenvalue weighted by Crippen LogP contribution is -2.24. The minimum absolute atomic E-state index is 0.108. The molecule has 0 unspecified atom stereocenters. The highest BCUT2D eigenvalue weighted by molar-refractivity contribution is 6.70. The van der Waals surface area contributed by atoms with Crippen LogP contribution < -0.4 is 0 Å². The number of aliphatic imine (C=N–C) groups is 1. The largest absolute Gasteiger partial charge is 0.532 e. The number of nitrogens with zero attached hydrogens (tertiary/aromatic N) is 1. The zero-order valence-corrected chi connectivity index (χ0v) is 11.5. The molecule has 0 spiro atoms. The van der Waals surface area contributed by atoms with E-state index in [4.69, 9.17) is 4.43 Å². The van der Waals surface area contributed by atoms with Crippen molar-refractivity contribution >= 4 is 14.5 Å². The van der Waals surface area contributed by atoms with E-state index in [2.05, 4.69) is 45.4 Å². The summed E-state index contributed by atoms with van der Waals surface area (Å²) in [4.78, 5) is 4.35. The van der Waals surface area contributed by atoms with Crippen LogP contribution in [0.3, 0.4) is 0 Å². The van der Waals surface area contributed by atoms with E-state index in [0.717, 1.165) is 5.88 Å². The number of hydrogen-bond acceptors (Lipinski definition) is 2. The van der Waals surface area contributed by atoms with E-state index >= 15 is 0 Å². The van der Waals surface area contributed by atoms with Gasteiger partial charge in [-0.25, -0.2) is 4.99 Å². The molecular formula is C11H23NOSi. The second-order valence-electron chi connectivity index (χ2n) is 5.47. The molecule has 0 rings (SSSR count). The van der Waals surface area contributed by atoms with Gasteiger partial charge in [0.15, 0.2) is 5.88 Å². The third-order valence-electron chi connectivity index (χ3n) is 1.24. The Labute approximate surface area is 89.2 Å². The average molecular weight is 213 g/mol. The highest BCUT2D eigenvalue weighted by atomic mass is 28.4. The SMILES string of the molecule is C/C=C(\N=C\C(C)(C)C)O[Si](C)(C)C. The highest BCUT2D eigenvalue weighted by Gasteiger charge is 2.17. The molecule has 0 aliphatic heterocycles. The summed E-state index contributed by atoms with van der Waals surface area (Å²) in [5.74, 6) is 0.749. The number of hydrogen-bond donors (Lipinski definition) is 0. The lowest BCUT2D eigenvalue weighted by Gasteiger charge is -2.19. The topological polar surface area (TPSA) is 21.6 Å². The molecule has 0 bridgehead atoms. The first-order chi connectivity index (χ1) is 6.14. The van der Waals surface area contributed by atoms with Gasteiger partial charge in [-0.05, 0) is 38.1 Å². The third kappa shape index (κ3) is 8.04. The van der Waals surface area contributed by atoms with Crippen LogP contribution in [-0.4, -0.2) is 14.5 Å². The van der Waals surface area contributed by atoms with E-state index in [1.54, 1.807) is 0 Å². The van der Waals surface area contributed by atoms with Gasteiger partial charge < -0.3 is 4.43 Å². The van der Waals surface area contributed by atoms with Crippen LogP contribution in [0.1, 0.15) is 27.7 Å². The van der Waals surface area contributed by atoms with Crippen molar-refractivity contribution < 1.29 is 4.43 Å². The Hall–Kier alpha value is -0.573. The lowest BCUT2D eigenvalue weighted by molar-refractivity contribution is 0.415. The van der Waals surface area contributed by atoms with Crippen molar-refractivity contribution in [2.24, 2.45) is 10.4 Å². The molecule has 0 aromatic rings.